The Morgan fingerprint density at radius 3 is 2.23 bits per heavy atom. The summed E-state index contributed by atoms with van der Waals surface area (Å²) in [4.78, 5) is 40.3. The van der Waals surface area contributed by atoms with Crippen LogP contribution >= 0.6 is 0 Å². The van der Waals surface area contributed by atoms with Crippen molar-refractivity contribution in [1.29, 1.82) is 0 Å². The predicted molar refractivity (Wildman–Crippen MR) is 158 cm³/mol. The quantitative estimate of drug-likeness (QED) is 0.272. The summed E-state index contributed by atoms with van der Waals surface area (Å²) in [6, 6.07) is 1.63. The lowest BCUT2D eigenvalue weighted by Gasteiger charge is -2.57. The standard InChI is InChI=1S/C33H41N3O7/c1-36(2)27-19(13-35-14-32-10-15-3-16(11-32)5-17(4-15)12-32)8-22(37)25-21(27)7-18-6-20-9-23(38)26(31(34)42)30(41)33(20,43)29(40)24(18)28(25)39/h8,15-18,20,35,37,39,41,43H,3-7,9-14H2,1-2H3,(H2,34,42)/t15?,16?,17?,18?,20-,32?,33-/m0/s1. The number of carbonyl (C=O) groups is 3. The highest BCUT2D eigenvalue weighted by Crippen LogP contribution is 2.60. The maximum Gasteiger partial charge on any atom is 0.255 e. The number of phenolic OH excluding ortho intramolecular Hbond substituents is 1. The number of aromatic hydroxyl groups is 1. The zero-order valence-corrected chi connectivity index (χ0v) is 24.8. The zero-order valence-electron chi connectivity index (χ0n) is 24.8. The summed E-state index contributed by atoms with van der Waals surface area (Å²) in [5.74, 6) is -3.59. The Kier molecular flexibility index (Phi) is 6.32. The van der Waals surface area contributed by atoms with Gasteiger partial charge in [0.15, 0.2) is 11.4 Å². The molecule has 230 valence electrons. The van der Waals surface area contributed by atoms with Crippen LogP contribution in [0.4, 0.5) is 5.69 Å². The number of nitrogens with one attached hydrogen (secondary N) is 1. The summed E-state index contributed by atoms with van der Waals surface area (Å²) in [6.07, 6.45) is 8.12. The molecule has 1 aromatic rings. The van der Waals surface area contributed by atoms with Crippen LogP contribution in [0.2, 0.25) is 0 Å². The lowest BCUT2D eigenvalue weighted by molar-refractivity contribution is -0.147. The molecule has 0 heterocycles. The van der Waals surface area contributed by atoms with E-state index >= 15 is 0 Å². The van der Waals surface area contributed by atoms with Crippen LogP contribution in [0.5, 0.6) is 5.75 Å². The molecule has 7 N–H and O–H groups in total. The number of rotatable bonds is 6. The van der Waals surface area contributed by atoms with Crippen LogP contribution in [0.1, 0.15) is 68.1 Å². The van der Waals surface area contributed by atoms with Gasteiger partial charge in [0.25, 0.3) is 5.91 Å². The number of aliphatic hydroxyl groups excluding tert-OH is 2. The average Bonchev–Trinajstić information content (AvgIpc) is 2.89. The molecule has 0 aliphatic heterocycles. The third-order valence-corrected chi connectivity index (χ3v) is 11.5. The van der Waals surface area contributed by atoms with Gasteiger partial charge in [0.2, 0.25) is 5.78 Å². The van der Waals surface area contributed by atoms with Gasteiger partial charge in [0.05, 0.1) is 5.56 Å². The topological polar surface area (TPSA) is 173 Å². The van der Waals surface area contributed by atoms with Crippen molar-refractivity contribution in [2.24, 2.45) is 40.7 Å². The maximum atomic E-state index is 13.8. The number of phenols is 1. The first-order valence-electron chi connectivity index (χ1n) is 15.6. The number of Topliss-reactive ketones (excluding diaryl/α,β-unsaturated/α-hetero) is 2. The number of fused-ring (bicyclic) bond motifs is 3. The molecule has 7 aliphatic rings. The van der Waals surface area contributed by atoms with E-state index in [0.29, 0.717) is 17.5 Å². The van der Waals surface area contributed by atoms with Crippen molar-refractivity contribution < 1.29 is 34.8 Å². The van der Waals surface area contributed by atoms with Crippen molar-refractivity contribution in [3.8, 4) is 5.75 Å². The third-order valence-electron chi connectivity index (χ3n) is 11.5. The number of aliphatic hydroxyl groups is 3. The van der Waals surface area contributed by atoms with Crippen LogP contribution in [0.25, 0.3) is 5.76 Å². The lowest BCUT2D eigenvalue weighted by atomic mass is 9.49. The molecule has 0 aromatic heterocycles. The fraction of sp³-hybridized carbons (Fsp3) is 0.606. The van der Waals surface area contributed by atoms with Crippen LogP contribution in [-0.4, -0.2) is 64.1 Å². The number of nitrogens with zero attached hydrogens (tertiary/aromatic N) is 1. The van der Waals surface area contributed by atoms with Crippen molar-refractivity contribution in [3.63, 3.8) is 0 Å². The highest BCUT2D eigenvalue weighted by atomic mass is 16.3. The largest absolute Gasteiger partial charge is 0.508 e. The van der Waals surface area contributed by atoms with Gasteiger partial charge in [-0.2, -0.15) is 0 Å². The van der Waals surface area contributed by atoms with Crippen molar-refractivity contribution in [2.45, 2.75) is 69.9 Å². The van der Waals surface area contributed by atoms with E-state index in [1.807, 2.05) is 19.0 Å². The number of carbonyl (C=O) groups excluding carboxylic acids is 3. The second-order valence-corrected chi connectivity index (χ2v) is 14.6. The Morgan fingerprint density at radius 2 is 1.65 bits per heavy atom. The van der Waals surface area contributed by atoms with E-state index < -0.39 is 52.0 Å². The van der Waals surface area contributed by atoms with Crippen molar-refractivity contribution in [1.82, 2.24) is 5.32 Å². The minimum Gasteiger partial charge on any atom is -0.508 e. The normalized spacial score (nSPS) is 36.0. The molecule has 5 fully saturated rings. The SMILES string of the molecule is CN(C)c1c(CNCC23CC4CC(CC(C4)C2)C3)cc(O)c2c1CC1C[C@H]3CC(=O)C(C(N)=O)=C(O)[C@@]3(O)C(=O)C1=C2O. The molecular formula is C33H41N3O7. The van der Waals surface area contributed by atoms with Crippen LogP contribution in [-0.2, 0) is 27.3 Å². The molecule has 0 spiro atoms. The summed E-state index contributed by atoms with van der Waals surface area (Å²) in [7, 11) is 3.81. The number of amides is 1. The first kappa shape index (κ1) is 28.4. The monoisotopic (exact) mass is 591 g/mol. The van der Waals surface area contributed by atoms with Crippen LogP contribution in [0.3, 0.4) is 0 Å². The Bertz CT molecular complexity index is 1490. The Balaban J connectivity index is 1.22. The van der Waals surface area contributed by atoms with E-state index in [2.05, 4.69) is 5.32 Å². The molecule has 1 unspecified atom stereocenters. The van der Waals surface area contributed by atoms with Gasteiger partial charge in [0.1, 0.15) is 22.8 Å². The number of hydrogen-bond donors (Lipinski definition) is 6. The van der Waals surface area contributed by atoms with Gasteiger partial charge >= 0.3 is 0 Å². The molecule has 1 amide bonds. The van der Waals surface area contributed by atoms with E-state index in [1.54, 1.807) is 6.07 Å². The average molecular weight is 592 g/mol. The fourth-order valence-corrected chi connectivity index (χ4v) is 10.4. The first-order valence-corrected chi connectivity index (χ1v) is 15.6. The number of primary amides is 1. The Morgan fingerprint density at radius 1 is 1.02 bits per heavy atom. The summed E-state index contributed by atoms with van der Waals surface area (Å²) >= 11 is 0. The van der Waals surface area contributed by atoms with Gasteiger partial charge in [-0.1, -0.05) is 0 Å². The lowest BCUT2D eigenvalue weighted by Crippen LogP contribution is -2.58. The Labute approximate surface area is 250 Å². The number of benzene rings is 1. The van der Waals surface area contributed by atoms with E-state index in [1.165, 1.54) is 38.5 Å². The number of hydrogen-bond acceptors (Lipinski definition) is 9. The first-order chi connectivity index (χ1) is 20.3. The summed E-state index contributed by atoms with van der Waals surface area (Å²) in [5, 5.41) is 48.7. The van der Waals surface area contributed by atoms with E-state index in [-0.39, 0.29) is 36.1 Å². The van der Waals surface area contributed by atoms with Crippen molar-refractivity contribution >= 4 is 28.9 Å². The van der Waals surface area contributed by atoms with Gasteiger partial charge < -0.3 is 36.4 Å². The van der Waals surface area contributed by atoms with E-state index in [4.69, 9.17) is 5.73 Å². The van der Waals surface area contributed by atoms with Gasteiger partial charge in [-0.05, 0) is 97.6 Å². The molecule has 0 radical (unpaired) electrons. The molecular weight excluding hydrogens is 550 g/mol. The minimum absolute atomic E-state index is 0.116. The molecule has 1 aromatic carbocycles. The molecule has 8 rings (SSSR count). The van der Waals surface area contributed by atoms with Crippen LogP contribution in [0.15, 0.2) is 23.0 Å². The summed E-state index contributed by atoms with van der Waals surface area (Å²) in [6.45, 7) is 1.48. The molecule has 4 bridgehead atoms. The zero-order chi connectivity index (χ0) is 30.6. The van der Waals surface area contributed by atoms with Gasteiger partial charge in [-0.15, -0.1) is 0 Å². The van der Waals surface area contributed by atoms with Crippen molar-refractivity contribution in [2.75, 3.05) is 25.5 Å². The second kappa shape index (κ2) is 9.56. The predicted octanol–water partition coefficient (Wildman–Crippen LogP) is 2.80. The van der Waals surface area contributed by atoms with Gasteiger partial charge in [0, 0.05) is 50.8 Å². The summed E-state index contributed by atoms with van der Waals surface area (Å²) in [5.41, 5.74) is 4.72. The molecule has 7 aliphatic carbocycles. The maximum absolute atomic E-state index is 13.8. The molecule has 3 atom stereocenters. The fourth-order valence-electron chi connectivity index (χ4n) is 10.4. The van der Waals surface area contributed by atoms with E-state index in [9.17, 15) is 34.8 Å². The van der Waals surface area contributed by atoms with E-state index in [0.717, 1.165) is 35.5 Å². The van der Waals surface area contributed by atoms with Crippen LogP contribution in [0, 0.1) is 35.0 Å². The highest BCUT2D eigenvalue weighted by molar-refractivity contribution is 6.22. The van der Waals surface area contributed by atoms with Crippen molar-refractivity contribution in [3.05, 3.63) is 39.7 Å². The second-order valence-electron chi connectivity index (χ2n) is 14.6. The molecule has 10 nitrogen and oxygen atoms in total. The summed E-state index contributed by atoms with van der Waals surface area (Å²) < 4.78 is 0. The molecule has 5 saturated carbocycles. The van der Waals surface area contributed by atoms with Gasteiger partial charge in [-0.25, -0.2) is 0 Å². The smallest absolute Gasteiger partial charge is 0.255 e. The molecule has 10 heteroatoms. The number of anilines is 1. The number of nitrogens with two attached hydrogens (primary N) is 1. The number of ketones is 2. The highest BCUT2D eigenvalue weighted by Gasteiger charge is 2.60. The molecule has 43 heavy (non-hydrogen) atoms. The minimum atomic E-state index is -2.56. The molecule has 0 saturated heterocycles. The third kappa shape index (κ3) is 4.09. The van der Waals surface area contributed by atoms with Crippen LogP contribution < -0.4 is 16.0 Å². The van der Waals surface area contributed by atoms with Gasteiger partial charge in [-0.3, -0.25) is 14.4 Å². The Hall–Kier alpha value is -3.37.